The first-order chi connectivity index (χ1) is 13.7. The molecule has 2 amide bonds. The molecule has 0 spiro atoms. The van der Waals surface area contributed by atoms with Gasteiger partial charge in [-0.1, -0.05) is 19.1 Å². The number of hydrogen-bond donors (Lipinski definition) is 3. The van der Waals surface area contributed by atoms with Crippen LogP contribution in [0.25, 0.3) is 0 Å². The van der Waals surface area contributed by atoms with E-state index in [1.165, 1.54) is 16.2 Å². The van der Waals surface area contributed by atoms with Gasteiger partial charge in [0.15, 0.2) is 0 Å². The van der Waals surface area contributed by atoms with E-state index >= 15 is 0 Å². The first-order valence-electron chi connectivity index (χ1n) is 10.1. The standard InChI is InChI=1S/C22H28N4O2S/c1-13-8-9-14-17(10-13)29-21(19(14)20(23)28)24-18(27)11-26-12-22(2,3)25-15-6-4-5-7-16(15)26/h4-7,13,25H,8-12H2,1-3H3,(H2,23,28)(H,24,27). The van der Waals surface area contributed by atoms with Crippen LogP contribution < -0.4 is 21.3 Å². The lowest BCUT2D eigenvalue weighted by Crippen LogP contribution is -2.50. The van der Waals surface area contributed by atoms with Gasteiger partial charge in [0.05, 0.1) is 23.5 Å². The van der Waals surface area contributed by atoms with E-state index in [-0.39, 0.29) is 18.0 Å². The molecule has 0 fully saturated rings. The van der Waals surface area contributed by atoms with Gasteiger partial charge in [0.25, 0.3) is 5.91 Å². The van der Waals surface area contributed by atoms with Gasteiger partial charge in [-0.25, -0.2) is 0 Å². The van der Waals surface area contributed by atoms with E-state index in [2.05, 4.69) is 36.3 Å². The number of hydrogen-bond acceptors (Lipinski definition) is 5. The Morgan fingerprint density at radius 1 is 1.34 bits per heavy atom. The number of amides is 2. The average Bonchev–Trinajstić information content (AvgIpc) is 2.97. The molecule has 1 aliphatic carbocycles. The maximum absolute atomic E-state index is 12.9. The van der Waals surface area contributed by atoms with Crippen LogP contribution in [0.15, 0.2) is 24.3 Å². The van der Waals surface area contributed by atoms with Gasteiger partial charge in [0, 0.05) is 17.0 Å². The van der Waals surface area contributed by atoms with Crippen molar-refractivity contribution in [3.63, 3.8) is 0 Å². The molecule has 0 bridgehead atoms. The monoisotopic (exact) mass is 412 g/mol. The summed E-state index contributed by atoms with van der Waals surface area (Å²) in [5, 5.41) is 7.10. The highest BCUT2D eigenvalue weighted by Crippen LogP contribution is 2.39. The molecule has 1 unspecified atom stereocenters. The van der Waals surface area contributed by atoms with Crippen molar-refractivity contribution in [2.24, 2.45) is 11.7 Å². The minimum atomic E-state index is -0.457. The molecule has 4 rings (SSSR count). The van der Waals surface area contributed by atoms with E-state index in [1.54, 1.807) is 0 Å². The van der Waals surface area contributed by atoms with E-state index in [1.807, 2.05) is 24.3 Å². The number of nitrogens with two attached hydrogens (primary N) is 1. The fourth-order valence-electron chi connectivity index (χ4n) is 4.40. The summed E-state index contributed by atoms with van der Waals surface area (Å²) in [5.74, 6) is -0.00216. The first-order valence-corrected chi connectivity index (χ1v) is 10.9. The average molecular weight is 413 g/mol. The summed E-state index contributed by atoms with van der Waals surface area (Å²) < 4.78 is 0. The number of nitrogens with one attached hydrogen (secondary N) is 2. The normalized spacial score (nSPS) is 19.7. The third kappa shape index (κ3) is 3.96. The molecule has 7 heteroatoms. The molecule has 0 radical (unpaired) electrons. The topological polar surface area (TPSA) is 87.5 Å². The van der Waals surface area contributed by atoms with Gasteiger partial charge in [-0.2, -0.15) is 0 Å². The summed E-state index contributed by atoms with van der Waals surface area (Å²) in [6, 6.07) is 8.01. The largest absolute Gasteiger partial charge is 0.377 e. The van der Waals surface area contributed by atoms with Crippen LogP contribution in [0.4, 0.5) is 16.4 Å². The van der Waals surface area contributed by atoms with Crippen molar-refractivity contribution in [3.05, 3.63) is 40.3 Å². The number of rotatable bonds is 4. The highest BCUT2D eigenvalue weighted by atomic mass is 32.1. The predicted molar refractivity (Wildman–Crippen MR) is 119 cm³/mol. The minimum absolute atomic E-state index is 0.133. The zero-order valence-electron chi connectivity index (χ0n) is 17.2. The lowest BCUT2D eigenvalue weighted by molar-refractivity contribution is -0.115. The molecule has 1 aliphatic heterocycles. The predicted octanol–water partition coefficient (Wildman–Crippen LogP) is 3.62. The SMILES string of the molecule is CC1CCc2c(sc(NC(=O)CN3CC(C)(C)Nc4ccccc43)c2C(N)=O)C1. The Hall–Kier alpha value is -2.54. The van der Waals surface area contributed by atoms with Crippen LogP contribution in [0.1, 0.15) is 48.0 Å². The number of carbonyl (C=O) groups excluding carboxylic acids is 2. The van der Waals surface area contributed by atoms with E-state index in [0.717, 1.165) is 36.2 Å². The fourth-order valence-corrected chi connectivity index (χ4v) is 5.83. The van der Waals surface area contributed by atoms with Gasteiger partial charge in [0.1, 0.15) is 5.00 Å². The zero-order valence-corrected chi connectivity index (χ0v) is 18.0. The summed E-state index contributed by atoms with van der Waals surface area (Å²) in [4.78, 5) is 28.3. The van der Waals surface area contributed by atoms with Crippen molar-refractivity contribution in [1.82, 2.24) is 0 Å². The van der Waals surface area contributed by atoms with E-state index < -0.39 is 5.91 Å². The fraction of sp³-hybridized carbons (Fsp3) is 0.455. The molecule has 6 nitrogen and oxygen atoms in total. The Morgan fingerprint density at radius 3 is 2.86 bits per heavy atom. The molecule has 2 aliphatic rings. The molecule has 154 valence electrons. The molecule has 4 N–H and O–H groups in total. The van der Waals surface area contributed by atoms with Crippen LogP contribution in [0, 0.1) is 5.92 Å². The van der Waals surface area contributed by atoms with Crippen molar-refractivity contribution >= 4 is 39.5 Å². The molecule has 1 aromatic heterocycles. The molecule has 2 heterocycles. The summed E-state index contributed by atoms with van der Waals surface area (Å²) >= 11 is 1.51. The van der Waals surface area contributed by atoms with Crippen molar-refractivity contribution in [2.75, 3.05) is 28.6 Å². The quantitative estimate of drug-likeness (QED) is 0.716. The van der Waals surface area contributed by atoms with Crippen molar-refractivity contribution < 1.29 is 9.59 Å². The highest BCUT2D eigenvalue weighted by molar-refractivity contribution is 7.17. The Bertz CT molecular complexity index is 966. The van der Waals surface area contributed by atoms with Crippen LogP contribution in [-0.4, -0.2) is 30.4 Å². The Morgan fingerprint density at radius 2 is 2.10 bits per heavy atom. The van der Waals surface area contributed by atoms with E-state index in [9.17, 15) is 9.59 Å². The second-order valence-corrected chi connectivity index (χ2v) is 9.96. The van der Waals surface area contributed by atoms with Crippen molar-refractivity contribution in [3.8, 4) is 0 Å². The smallest absolute Gasteiger partial charge is 0.251 e. The Balaban J connectivity index is 1.56. The third-order valence-corrected chi connectivity index (χ3v) is 6.82. The van der Waals surface area contributed by atoms with Crippen molar-refractivity contribution in [2.45, 2.75) is 45.6 Å². The Labute approximate surface area is 175 Å². The summed E-state index contributed by atoms with van der Waals surface area (Å²) in [6.45, 7) is 7.38. The first kappa shape index (κ1) is 19.8. The minimum Gasteiger partial charge on any atom is -0.377 e. The third-order valence-electron chi connectivity index (χ3n) is 5.65. The second kappa shape index (κ2) is 7.37. The van der Waals surface area contributed by atoms with Gasteiger partial charge in [-0.3, -0.25) is 9.59 Å². The molecule has 0 saturated heterocycles. The number of thiophene rings is 1. The van der Waals surface area contributed by atoms with Gasteiger partial charge in [0.2, 0.25) is 5.91 Å². The van der Waals surface area contributed by atoms with Crippen LogP contribution in [0.5, 0.6) is 0 Å². The van der Waals surface area contributed by atoms with Crippen molar-refractivity contribution in [1.29, 1.82) is 0 Å². The van der Waals surface area contributed by atoms with Crippen LogP contribution >= 0.6 is 11.3 Å². The van der Waals surface area contributed by atoms with Crippen LogP contribution in [-0.2, 0) is 17.6 Å². The number of carbonyl (C=O) groups is 2. The van der Waals surface area contributed by atoms with E-state index in [4.69, 9.17) is 5.73 Å². The number of nitrogens with zero attached hydrogens (tertiary/aromatic N) is 1. The number of benzene rings is 1. The number of fused-ring (bicyclic) bond motifs is 2. The van der Waals surface area contributed by atoms with Gasteiger partial charge >= 0.3 is 0 Å². The molecular weight excluding hydrogens is 384 g/mol. The molecule has 1 aromatic carbocycles. The molecule has 0 saturated carbocycles. The summed E-state index contributed by atoms with van der Waals surface area (Å²) in [7, 11) is 0. The number of primary amides is 1. The molecule has 1 atom stereocenters. The second-order valence-electron chi connectivity index (χ2n) is 8.85. The Kier molecular flexibility index (Phi) is 5.02. The number of para-hydroxylation sites is 2. The van der Waals surface area contributed by atoms with Gasteiger partial charge in [-0.05, 0) is 56.7 Å². The van der Waals surface area contributed by atoms with Gasteiger partial charge < -0.3 is 21.3 Å². The van der Waals surface area contributed by atoms with Gasteiger partial charge in [-0.15, -0.1) is 11.3 Å². The zero-order chi connectivity index (χ0) is 20.8. The molecule has 2 aromatic rings. The van der Waals surface area contributed by atoms with E-state index in [0.29, 0.717) is 23.0 Å². The number of anilines is 3. The van der Waals surface area contributed by atoms with Crippen LogP contribution in [0.3, 0.4) is 0 Å². The lowest BCUT2D eigenvalue weighted by atomic mass is 9.88. The maximum Gasteiger partial charge on any atom is 0.251 e. The maximum atomic E-state index is 12.9. The van der Waals surface area contributed by atoms with Crippen LogP contribution in [0.2, 0.25) is 0 Å². The highest BCUT2D eigenvalue weighted by Gasteiger charge is 2.31. The molecule has 29 heavy (non-hydrogen) atoms. The molecular formula is C22H28N4O2S. The summed E-state index contributed by atoms with van der Waals surface area (Å²) in [5.41, 5.74) is 9.10. The lowest BCUT2D eigenvalue weighted by Gasteiger charge is -2.41. The summed E-state index contributed by atoms with van der Waals surface area (Å²) in [6.07, 6.45) is 2.83.